The van der Waals surface area contributed by atoms with E-state index in [9.17, 15) is 27.9 Å². The number of benzene rings is 2. The number of halogens is 3. The Hall–Kier alpha value is -2.94. The molecule has 2 aromatic carbocycles. The Balaban J connectivity index is 2.21. The third kappa shape index (κ3) is 4.09. The molecule has 0 aliphatic rings. The number of rotatable bonds is 4. The minimum Gasteiger partial charge on any atom is -0.480 e. The normalized spacial score (nSPS) is 13.6. The smallest absolute Gasteiger partial charge is 0.416 e. The van der Waals surface area contributed by atoms with E-state index in [0.717, 1.165) is 39.8 Å². The zero-order chi connectivity index (χ0) is 21.3. The first-order valence-electron chi connectivity index (χ1n) is 8.73. The first-order valence-corrected chi connectivity index (χ1v) is 9.55. The molecule has 0 spiro atoms. The molecule has 0 aliphatic heterocycles. The van der Waals surface area contributed by atoms with Crippen LogP contribution in [0.5, 0.6) is 0 Å². The predicted octanol–water partition coefficient (Wildman–Crippen LogP) is 4.81. The van der Waals surface area contributed by atoms with Gasteiger partial charge in [0.25, 0.3) is 5.91 Å². The molecule has 3 aromatic rings. The highest BCUT2D eigenvalue weighted by Crippen LogP contribution is 2.30. The first kappa shape index (κ1) is 20.8. The topological polar surface area (TPSA) is 71.7 Å². The summed E-state index contributed by atoms with van der Waals surface area (Å²) in [6.45, 7) is 3.55. The van der Waals surface area contributed by atoms with E-state index in [1.54, 1.807) is 19.1 Å². The van der Waals surface area contributed by atoms with Crippen LogP contribution in [0.3, 0.4) is 0 Å². The molecule has 1 atom stereocenters. The second kappa shape index (κ2) is 7.82. The molecule has 1 amide bonds. The molecule has 152 valence electrons. The van der Waals surface area contributed by atoms with Crippen molar-refractivity contribution in [2.24, 2.45) is 4.99 Å². The lowest BCUT2D eigenvalue weighted by molar-refractivity contribution is -0.141. The number of aliphatic carboxylic acids is 1. The summed E-state index contributed by atoms with van der Waals surface area (Å²) in [6.07, 6.45) is -4.33. The summed E-state index contributed by atoms with van der Waals surface area (Å²) in [4.78, 5) is 28.5. The fourth-order valence-electron chi connectivity index (χ4n) is 3.03. The van der Waals surface area contributed by atoms with Gasteiger partial charge in [0.05, 0.1) is 15.8 Å². The highest BCUT2D eigenvalue weighted by molar-refractivity contribution is 7.16. The molecule has 3 rings (SSSR count). The van der Waals surface area contributed by atoms with Crippen molar-refractivity contribution in [1.29, 1.82) is 0 Å². The monoisotopic (exact) mass is 422 g/mol. The van der Waals surface area contributed by atoms with Gasteiger partial charge in [-0.25, -0.2) is 4.79 Å². The van der Waals surface area contributed by atoms with Gasteiger partial charge in [0.1, 0.15) is 6.04 Å². The van der Waals surface area contributed by atoms with Crippen molar-refractivity contribution in [2.45, 2.75) is 32.5 Å². The van der Waals surface area contributed by atoms with E-state index in [1.807, 2.05) is 13.0 Å². The van der Waals surface area contributed by atoms with E-state index in [-0.39, 0.29) is 16.8 Å². The van der Waals surface area contributed by atoms with Gasteiger partial charge in [-0.15, -0.1) is 0 Å². The molecule has 1 N–H and O–H groups in total. The predicted molar refractivity (Wildman–Crippen MR) is 103 cm³/mol. The van der Waals surface area contributed by atoms with E-state index in [2.05, 4.69) is 4.99 Å². The van der Waals surface area contributed by atoms with Crippen molar-refractivity contribution < 1.29 is 27.9 Å². The lowest BCUT2D eigenvalue weighted by Gasteiger charge is -2.13. The average Bonchev–Trinajstić information content (AvgIpc) is 3.01. The van der Waals surface area contributed by atoms with Gasteiger partial charge in [-0.1, -0.05) is 36.5 Å². The Morgan fingerprint density at radius 2 is 1.90 bits per heavy atom. The summed E-state index contributed by atoms with van der Waals surface area (Å²) in [6, 6.07) is 8.40. The molecule has 1 aromatic heterocycles. The van der Waals surface area contributed by atoms with Crippen molar-refractivity contribution in [1.82, 2.24) is 4.57 Å². The fraction of sp³-hybridized carbons (Fsp3) is 0.250. The molecule has 29 heavy (non-hydrogen) atoms. The van der Waals surface area contributed by atoms with Gasteiger partial charge in [-0.2, -0.15) is 18.2 Å². The summed E-state index contributed by atoms with van der Waals surface area (Å²) in [7, 11) is 0. The molecule has 1 unspecified atom stereocenters. The Kier molecular flexibility index (Phi) is 5.61. The zero-order valence-corrected chi connectivity index (χ0v) is 16.3. The third-order valence-electron chi connectivity index (χ3n) is 4.47. The molecule has 5 nitrogen and oxygen atoms in total. The van der Waals surface area contributed by atoms with Gasteiger partial charge >= 0.3 is 12.1 Å². The Morgan fingerprint density at radius 1 is 1.21 bits per heavy atom. The van der Waals surface area contributed by atoms with Gasteiger partial charge in [-0.05, 0) is 43.2 Å². The number of aromatic nitrogens is 1. The fourth-order valence-corrected chi connectivity index (χ4v) is 4.16. The summed E-state index contributed by atoms with van der Waals surface area (Å²) >= 11 is 1.13. The second-order valence-corrected chi connectivity index (χ2v) is 7.41. The van der Waals surface area contributed by atoms with Crippen molar-refractivity contribution in [3.05, 3.63) is 64.0 Å². The van der Waals surface area contributed by atoms with Crippen molar-refractivity contribution in [2.75, 3.05) is 0 Å². The number of carbonyl (C=O) groups excluding carboxylic acids is 1. The van der Waals surface area contributed by atoms with Crippen molar-refractivity contribution >= 4 is 33.4 Å². The molecule has 0 saturated heterocycles. The molecule has 0 aliphatic carbocycles. The molecule has 9 heteroatoms. The number of hydrogen-bond donors (Lipinski definition) is 1. The van der Waals surface area contributed by atoms with Gasteiger partial charge in [0.2, 0.25) is 0 Å². The minimum absolute atomic E-state index is 0.131. The lowest BCUT2D eigenvalue weighted by atomic mass is 10.1. The summed E-state index contributed by atoms with van der Waals surface area (Å²) in [5.74, 6) is -1.95. The quantitative estimate of drug-likeness (QED) is 0.656. The second-order valence-electron chi connectivity index (χ2n) is 6.44. The van der Waals surface area contributed by atoms with E-state index in [0.29, 0.717) is 5.52 Å². The number of carboxylic acid groups (broad SMARTS) is 1. The van der Waals surface area contributed by atoms with Gasteiger partial charge in [0.15, 0.2) is 4.80 Å². The number of carboxylic acids is 1. The molecule has 0 fully saturated rings. The van der Waals surface area contributed by atoms with Crippen LogP contribution in [0.15, 0.2) is 47.5 Å². The van der Waals surface area contributed by atoms with Crippen molar-refractivity contribution in [3.63, 3.8) is 0 Å². The average molecular weight is 422 g/mol. The SMILES string of the molecule is CCC(C(=O)O)n1c(=NC(=O)c2cccc(C(F)(F)F)c2)sc2c(C)cccc21. The molecule has 0 saturated carbocycles. The van der Waals surface area contributed by atoms with Gasteiger partial charge in [-0.3, -0.25) is 4.79 Å². The van der Waals surface area contributed by atoms with Gasteiger partial charge < -0.3 is 9.67 Å². The highest BCUT2D eigenvalue weighted by Gasteiger charge is 2.31. The first-order chi connectivity index (χ1) is 13.6. The van der Waals surface area contributed by atoms with Crippen LogP contribution in [-0.2, 0) is 11.0 Å². The molecule has 0 bridgehead atoms. The number of nitrogens with zero attached hydrogens (tertiary/aromatic N) is 2. The maximum absolute atomic E-state index is 12.9. The van der Waals surface area contributed by atoms with E-state index in [1.165, 1.54) is 10.6 Å². The van der Waals surface area contributed by atoms with Crippen LogP contribution < -0.4 is 4.80 Å². The number of carbonyl (C=O) groups is 2. The Labute approximate surface area is 167 Å². The van der Waals surface area contributed by atoms with E-state index >= 15 is 0 Å². The number of fused-ring (bicyclic) bond motifs is 1. The highest BCUT2D eigenvalue weighted by atomic mass is 32.1. The largest absolute Gasteiger partial charge is 0.480 e. The van der Waals surface area contributed by atoms with Crippen LogP contribution in [0.2, 0.25) is 0 Å². The van der Waals surface area contributed by atoms with Crippen molar-refractivity contribution in [3.8, 4) is 0 Å². The van der Waals surface area contributed by atoms with Crippen LogP contribution in [0, 0.1) is 6.92 Å². The summed E-state index contributed by atoms with van der Waals surface area (Å²) in [5.41, 5.74) is 0.328. The van der Waals surface area contributed by atoms with Crippen LogP contribution in [0.1, 0.15) is 40.9 Å². The van der Waals surface area contributed by atoms with E-state index in [4.69, 9.17) is 0 Å². The van der Waals surface area contributed by atoms with Crippen LogP contribution in [-0.4, -0.2) is 21.6 Å². The molecule has 0 radical (unpaired) electrons. The molecular weight excluding hydrogens is 405 g/mol. The standard InChI is InChI=1S/C20H17F3N2O3S/c1-3-14(18(27)28)25-15-9-4-6-11(2)16(15)29-19(25)24-17(26)12-7-5-8-13(10-12)20(21,22)23/h4-10,14H,3H2,1-2H3,(H,27,28). The van der Waals surface area contributed by atoms with E-state index < -0.39 is 29.7 Å². The van der Waals surface area contributed by atoms with Gasteiger partial charge in [0, 0.05) is 5.56 Å². The molecule has 1 heterocycles. The van der Waals surface area contributed by atoms with Crippen LogP contribution in [0.4, 0.5) is 13.2 Å². The Morgan fingerprint density at radius 3 is 2.52 bits per heavy atom. The number of thiazole rings is 1. The summed E-state index contributed by atoms with van der Waals surface area (Å²) in [5, 5.41) is 9.61. The number of amides is 1. The Bertz CT molecular complexity index is 1160. The minimum atomic E-state index is -4.58. The maximum atomic E-state index is 12.9. The third-order valence-corrected chi connectivity index (χ3v) is 5.67. The van der Waals surface area contributed by atoms with Crippen LogP contribution in [0.25, 0.3) is 10.2 Å². The summed E-state index contributed by atoms with van der Waals surface area (Å²) < 4.78 is 41.0. The maximum Gasteiger partial charge on any atom is 0.416 e. The zero-order valence-electron chi connectivity index (χ0n) is 15.5. The van der Waals surface area contributed by atoms with Crippen LogP contribution >= 0.6 is 11.3 Å². The molecular formula is C20H17F3N2O3S. The number of hydrogen-bond acceptors (Lipinski definition) is 3. The lowest BCUT2D eigenvalue weighted by Crippen LogP contribution is -2.27. The number of aryl methyl sites for hydroxylation is 1. The number of alkyl halides is 3.